The lowest BCUT2D eigenvalue weighted by Gasteiger charge is -2.60. The number of nitrogens with zero attached hydrogens (tertiary/aromatic N) is 6. The molecule has 8 rings (SSSR count). The quantitative estimate of drug-likeness (QED) is 0.497. The average Bonchev–Trinajstić information content (AvgIpc) is 3.03. The average molecular weight is 602 g/mol. The first-order valence-corrected chi connectivity index (χ1v) is 17.0. The SMILES string of the molecule is COC(=O)C1CC2(C1)CC(N1CCC(N3CCC(N4CCN5c6cc(-c7ccccc7O)nnc6NC[C@H]5C4)CC3)CC1)C2. The van der Waals surface area contributed by atoms with E-state index < -0.39 is 0 Å². The summed E-state index contributed by atoms with van der Waals surface area (Å²) in [7, 11) is 1.52. The predicted octanol–water partition coefficient (Wildman–Crippen LogP) is 3.43. The van der Waals surface area contributed by atoms with Gasteiger partial charge in [0.15, 0.2) is 5.82 Å². The van der Waals surface area contributed by atoms with E-state index in [1.807, 2.05) is 18.2 Å². The largest absolute Gasteiger partial charge is 0.507 e. The molecule has 2 aromatic rings. The Balaban J connectivity index is 0.801. The fraction of sp³-hybridized carbons (Fsp3) is 0.676. The van der Waals surface area contributed by atoms with Crippen LogP contribution in [0.15, 0.2) is 30.3 Å². The van der Waals surface area contributed by atoms with Crippen molar-refractivity contribution in [3.63, 3.8) is 0 Å². The Kier molecular flexibility index (Phi) is 7.42. The Hall–Kier alpha value is -2.95. The molecule has 4 aliphatic heterocycles. The number of ether oxygens (including phenoxy) is 1. The molecule has 2 N–H and O–H groups in total. The molecule has 0 radical (unpaired) electrons. The van der Waals surface area contributed by atoms with Crippen molar-refractivity contribution in [2.75, 3.05) is 69.7 Å². The molecule has 1 aromatic heterocycles. The van der Waals surface area contributed by atoms with Gasteiger partial charge in [-0.3, -0.25) is 9.69 Å². The maximum Gasteiger partial charge on any atom is 0.308 e. The van der Waals surface area contributed by atoms with Crippen molar-refractivity contribution in [2.45, 2.75) is 75.5 Å². The van der Waals surface area contributed by atoms with Crippen molar-refractivity contribution in [2.24, 2.45) is 11.3 Å². The highest BCUT2D eigenvalue weighted by Crippen LogP contribution is 2.60. The number of benzene rings is 1. The number of aromatic nitrogens is 2. The highest BCUT2D eigenvalue weighted by atomic mass is 16.5. The van der Waals surface area contributed by atoms with E-state index in [4.69, 9.17) is 4.74 Å². The van der Waals surface area contributed by atoms with Crippen LogP contribution in [0, 0.1) is 11.3 Å². The van der Waals surface area contributed by atoms with Gasteiger partial charge in [0.2, 0.25) is 0 Å². The van der Waals surface area contributed by atoms with Gasteiger partial charge in [0.1, 0.15) is 5.75 Å². The summed E-state index contributed by atoms with van der Waals surface area (Å²) in [6.45, 7) is 8.96. The van der Waals surface area contributed by atoms with E-state index in [2.05, 4.69) is 41.2 Å². The maximum absolute atomic E-state index is 11.8. The van der Waals surface area contributed by atoms with Crippen LogP contribution >= 0.6 is 0 Å². The first kappa shape index (κ1) is 28.5. The predicted molar refractivity (Wildman–Crippen MR) is 170 cm³/mol. The second-order valence-corrected chi connectivity index (χ2v) is 14.4. The van der Waals surface area contributed by atoms with Gasteiger partial charge in [0.25, 0.3) is 0 Å². The first-order chi connectivity index (χ1) is 21.5. The van der Waals surface area contributed by atoms with Crippen molar-refractivity contribution in [3.05, 3.63) is 30.3 Å². The van der Waals surface area contributed by atoms with Gasteiger partial charge < -0.3 is 29.9 Å². The van der Waals surface area contributed by atoms with Crippen LogP contribution < -0.4 is 10.2 Å². The minimum atomic E-state index is -0.00167. The number of hydrogen-bond acceptors (Lipinski definition) is 10. The standard InChI is InChI=1S/C34H47N7O3/c1-44-33(43)23-17-34(18-23)19-26(20-34)39-12-6-24(7-13-39)38-10-8-25(9-11-38)40-14-15-41-27(22-40)21-35-32-30(41)16-29(36-37-32)28-4-2-3-5-31(28)42/h2-5,16,23-27,42H,6-15,17-22H2,1H3,(H,35,37)/t23?,26?,27-,34?/m0/s1. The highest BCUT2D eigenvalue weighted by Gasteiger charge is 2.56. The van der Waals surface area contributed by atoms with E-state index in [1.54, 1.807) is 6.07 Å². The normalized spacial score (nSPS) is 31.8. The van der Waals surface area contributed by atoms with Crippen LogP contribution in [-0.4, -0.2) is 120 Å². The number of phenolic OH excluding ortho intramolecular Hbond substituents is 1. The number of carbonyl (C=O) groups is 1. The molecule has 0 amide bonds. The Labute approximate surface area is 260 Å². The Bertz CT molecular complexity index is 1360. The number of piperidine rings is 2. The number of esters is 1. The van der Waals surface area contributed by atoms with Gasteiger partial charge in [0.05, 0.1) is 30.5 Å². The van der Waals surface area contributed by atoms with Crippen LogP contribution in [0.2, 0.25) is 0 Å². The molecule has 2 aliphatic carbocycles. The minimum absolute atomic E-state index is 0.00167. The number of phenols is 1. The Morgan fingerprint density at radius 3 is 2.25 bits per heavy atom. The summed E-state index contributed by atoms with van der Waals surface area (Å²) in [5, 5.41) is 22.8. The minimum Gasteiger partial charge on any atom is -0.507 e. The van der Waals surface area contributed by atoms with Crippen molar-refractivity contribution in [3.8, 4) is 17.0 Å². The molecule has 5 fully saturated rings. The lowest BCUT2D eigenvalue weighted by Crippen LogP contribution is -2.61. The molecule has 0 unspecified atom stereocenters. The molecule has 10 heteroatoms. The van der Waals surface area contributed by atoms with Gasteiger partial charge in [-0.05, 0) is 101 Å². The van der Waals surface area contributed by atoms with E-state index in [0.29, 0.717) is 23.2 Å². The van der Waals surface area contributed by atoms with Crippen molar-refractivity contribution >= 4 is 17.5 Å². The lowest BCUT2D eigenvalue weighted by atomic mass is 9.49. The number of hydrogen-bond donors (Lipinski definition) is 2. The number of methoxy groups -OCH3 is 1. The number of likely N-dealkylation sites (tertiary alicyclic amines) is 2. The fourth-order valence-electron chi connectivity index (χ4n) is 9.55. The van der Waals surface area contributed by atoms with Gasteiger partial charge in [-0.15, -0.1) is 10.2 Å². The third-order valence-electron chi connectivity index (χ3n) is 12.1. The lowest BCUT2D eigenvalue weighted by molar-refractivity contribution is -0.163. The number of nitrogens with one attached hydrogen (secondary N) is 1. The van der Waals surface area contributed by atoms with Crippen molar-refractivity contribution in [1.82, 2.24) is 24.9 Å². The molecular formula is C34H47N7O3. The second kappa shape index (κ2) is 11.4. The van der Waals surface area contributed by atoms with Crippen molar-refractivity contribution in [1.29, 1.82) is 0 Å². The third-order valence-corrected chi connectivity index (χ3v) is 12.1. The second-order valence-electron chi connectivity index (χ2n) is 14.4. The van der Waals surface area contributed by atoms with Crippen LogP contribution in [0.4, 0.5) is 11.5 Å². The van der Waals surface area contributed by atoms with Crippen LogP contribution in [0.5, 0.6) is 5.75 Å². The molecule has 1 spiro atoms. The molecule has 236 valence electrons. The van der Waals surface area contributed by atoms with E-state index in [9.17, 15) is 9.90 Å². The Morgan fingerprint density at radius 2 is 1.55 bits per heavy atom. The van der Waals surface area contributed by atoms with E-state index in [-0.39, 0.29) is 17.6 Å². The number of rotatable bonds is 5. The first-order valence-electron chi connectivity index (χ1n) is 17.0. The zero-order valence-corrected chi connectivity index (χ0v) is 26.0. The zero-order chi connectivity index (χ0) is 29.8. The topological polar surface area (TPSA) is 97.3 Å². The van der Waals surface area contributed by atoms with Crippen molar-refractivity contribution < 1.29 is 14.6 Å². The third kappa shape index (κ3) is 5.12. The molecule has 6 aliphatic rings. The fourth-order valence-corrected chi connectivity index (χ4v) is 9.55. The molecular weight excluding hydrogens is 554 g/mol. The number of piperazine rings is 1. The van der Waals surface area contributed by atoms with Gasteiger partial charge in [-0.25, -0.2) is 0 Å². The highest BCUT2D eigenvalue weighted by molar-refractivity contribution is 5.76. The maximum atomic E-state index is 11.8. The molecule has 1 aromatic carbocycles. The summed E-state index contributed by atoms with van der Waals surface area (Å²) >= 11 is 0. The smallest absolute Gasteiger partial charge is 0.308 e. The van der Waals surface area contributed by atoms with Gasteiger partial charge in [-0.2, -0.15) is 0 Å². The van der Waals surface area contributed by atoms with Crippen LogP contribution in [-0.2, 0) is 9.53 Å². The summed E-state index contributed by atoms with van der Waals surface area (Å²) < 4.78 is 4.95. The Morgan fingerprint density at radius 1 is 0.864 bits per heavy atom. The van der Waals surface area contributed by atoms with E-state index in [1.165, 1.54) is 71.8 Å². The van der Waals surface area contributed by atoms with Crippen LogP contribution in [0.3, 0.4) is 0 Å². The number of fused-ring (bicyclic) bond motifs is 3. The molecule has 1 atom stereocenters. The summed E-state index contributed by atoms with van der Waals surface area (Å²) in [4.78, 5) is 22.6. The van der Waals surface area contributed by atoms with Gasteiger partial charge in [-0.1, -0.05) is 12.1 Å². The summed E-state index contributed by atoms with van der Waals surface area (Å²) in [6.07, 6.45) is 9.83. The molecule has 44 heavy (non-hydrogen) atoms. The molecule has 0 bridgehead atoms. The van der Waals surface area contributed by atoms with Gasteiger partial charge >= 0.3 is 5.97 Å². The summed E-state index contributed by atoms with van der Waals surface area (Å²) in [5.74, 6) is 1.24. The number of aromatic hydroxyl groups is 1. The van der Waals surface area contributed by atoms with Gasteiger partial charge in [0, 0.05) is 49.9 Å². The van der Waals surface area contributed by atoms with Crippen LogP contribution in [0.1, 0.15) is 51.4 Å². The van der Waals surface area contributed by atoms with Crippen LogP contribution in [0.25, 0.3) is 11.3 Å². The monoisotopic (exact) mass is 601 g/mol. The molecule has 10 nitrogen and oxygen atoms in total. The summed E-state index contributed by atoms with van der Waals surface area (Å²) in [6, 6.07) is 12.0. The molecule has 2 saturated carbocycles. The van der Waals surface area contributed by atoms with E-state index in [0.717, 1.165) is 68.2 Å². The molecule has 3 saturated heterocycles. The number of carbonyl (C=O) groups excluding carboxylic acids is 1. The zero-order valence-electron chi connectivity index (χ0n) is 26.0. The number of anilines is 2. The molecule has 5 heterocycles. The van der Waals surface area contributed by atoms with E-state index >= 15 is 0 Å². The number of para-hydroxylation sites is 1. The summed E-state index contributed by atoms with van der Waals surface area (Å²) in [5.41, 5.74) is 2.99.